The molecular weight excluding hydrogens is 204 g/mol. The summed E-state index contributed by atoms with van der Waals surface area (Å²) in [4.78, 5) is 13.7. The molecule has 16 heavy (non-hydrogen) atoms. The van der Waals surface area contributed by atoms with Crippen LogP contribution in [-0.4, -0.2) is 16.5 Å². The SMILES string of the molecule is N=[N+]=C(C(=O)[O-])c1ccc2ccccc2c1. The van der Waals surface area contributed by atoms with E-state index in [4.69, 9.17) is 5.53 Å². The number of rotatable bonds is 2. The molecule has 0 unspecified atom stereocenters. The minimum absolute atomic E-state index is 0.356. The number of carbonyl (C=O) groups is 1. The summed E-state index contributed by atoms with van der Waals surface area (Å²) in [5.41, 5.74) is 6.83. The molecule has 2 aromatic rings. The van der Waals surface area contributed by atoms with Crippen LogP contribution in [0.5, 0.6) is 0 Å². The Kier molecular flexibility index (Phi) is 2.50. The molecule has 0 amide bonds. The quantitative estimate of drug-likeness (QED) is 0.450. The normalized spacial score (nSPS) is 9.75. The van der Waals surface area contributed by atoms with Crippen molar-refractivity contribution < 1.29 is 14.7 Å². The molecule has 0 heterocycles. The van der Waals surface area contributed by atoms with E-state index >= 15 is 0 Å². The van der Waals surface area contributed by atoms with Crippen molar-refractivity contribution in [2.24, 2.45) is 0 Å². The minimum atomic E-state index is -1.44. The molecule has 2 aromatic carbocycles. The predicted molar refractivity (Wildman–Crippen MR) is 56.0 cm³/mol. The third-order valence-corrected chi connectivity index (χ3v) is 2.33. The Morgan fingerprint density at radius 1 is 1.12 bits per heavy atom. The Balaban J connectivity index is 2.63. The summed E-state index contributed by atoms with van der Waals surface area (Å²) < 4.78 is 0. The predicted octanol–water partition coefficient (Wildman–Crippen LogP) is 0.618. The maximum Gasteiger partial charge on any atom is 0.394 e. The zero-order valence-corrected chi connectivity index (χ0v) is 8.31. The number of hydrogen-bond acceptors (Lipinski definition) is 3. The molecule has 2 rings (SSSR count). The first-order chi connectivity index (χ1) is 7.72. The second-order valence-corrected chi connectivity index (χ2v) is 3.31. The number of aliphatic carboxylic acids is 1. The fraction of sp³-hybridized carbons (Fsp3) is 0. The van der Waals surface area contributed by atoms with E-state index in [1.54, 1.807) is 18.2 Å². The van der Waals surface area contributed by atoms with E-state index in [9.17, 15) is 9.90 Å². The lowest BCUT2D eigenvalue weighted by Gasteiger charge is -1.99. The molecule has 0 aromatic heterocycles. The van der Waals surface area contributed by atoms with Gasteiger partial charge in [0.2, 0.25) is 0 Å². The zero-order chi connectivity index (χ0) is 11.5. The van der Waals surface area contributed by atoms with Gasteiger partial charge < -0.3 is 9.90 Å². The summed E-state index contributed by atoms with van der Waals surface area (Å²) >= 11 is 0. The van der Waals surface area contributed by atoms with E-state index in [0.717, 1.165) is 10.8 Å². The molecule has 4 heteroatoms. The second-order valence-electron chi connectivity index (χ2n) is 3.31. The van der Waals surface area contributed by atoms with Crippen LogP contribution in [0.15, 0.2) is 42.5 Å². The Bertz CT molecular complexity index is 613. The molecule has 0 aliphatic carbocycles. The maximum absolute atomic E-state index is 10.7. The van der Waals surface area contributed by atoms with Gasteiger partial charge in [-0.2, -0.15) is 0 Å². The average Bonchev–Trinajstić information content (AvgIpc) is 2.29. The molecule has 0 aliphatic heterocycles. The molecule has 0 bridgehead atoms. The van der Waals surface area contributed by atoms with Crippen LogP contribution >= 0.6 is 0 Å². The van der Waals surface area contributed by atoms with Crippen LogP contribution in [0.1, 0.15) is 5.56 Å². The zero-order valence-electron chi connectivity index (χ0n) is 8.31. The van der Waals surface area contributed by atoms with Gasteiger partial charge in [-0.1, -0.05) is 30.3 Å². The van der Waals surface area contributed by atoms with Crippen molar-refractivity contribution in [1.29, 1.82) is 5.53 Å². The van der Waals surface area contributed by atoms with E-state index in [1.807, 2.05) is 24.3 Å². The standard InChI is InChI=1S/C12H8N2O2/c13-14-11(12(15)16)10-6-5-8-3-1-2-4-9(8)7-10/h1-7,13H. The highest BCUT2D eigenvalue weighted by molar-refractivity contribution is 6.39. The number of nitrogens with one attached hydrogen (secondary N) is 1. The van der Waals surface area contributed by atoms with Gasteiger partial charge in [0.15, 0.2) is 5.97 Å². The van der Waals surface area contributed by atoms with Gasteiger partial charge in [-0.15, -0.1) is 0 Å². The van der Waals surface area contributed by atoms with Crippen molar-refractivity contribution in [2.45, 2.75) is 0 Å². The maximum atomic E-state index is 10.7. The highest BCUT2D eigenvalue weighted by Crippen LogP contribution is 2.15. The van der Waals surface area contributed by atoms with Crippen LogP contribution in [0.25, 0.3) is 10.8 Å². The fourth-order valence-corrected chi connectivity index (χ4v) is 1.56. The molecule has 0 saturated heterocycles. The monoisotopic (exact) mass is 212 g/mol. The third kappa shape index (κ3) is 1.69. The molecule has 0 saturated carbocycles. The van der Waals surface area contributed by atoms with Gasteiger partial charge in [-0.3, -0.25) is 0 Å². The van der Waals surface area contributed by atoms with Crippen molar-refractivity contribution in [3.8, 4) is 0 Å². The van der Waals surface area contributed by atoms with Gasteiger partial charge in [0.25, 0.3) is 0 Å². The van der Waals surface area contributed by atoms with Gasteiger partial charge in [-0.25, -0.2) is 0 Å². The first kappa shape index (κ1) is 10.1. The van der Waals surface area contributed by atoms with Crippen LogP contribution in [0.4, 0.5) is 0 Å². The van der Waals surface area contributed by atoms with Crippen LogP contribution in [0.2, 0.25) is 0 Å². The molecule has 0 atom stereocenters. The van der Waals surface area contributed by atoms with Crippen LogP contribution < -0.4 is 5.11 Å². The fourth-order valence-electron chi connectivity index (χ4n) is 1.56. The number of carboxylic acids is 1. The smallest absolute Gasteiger partial charge is 0.394 e. The topological polar surface area (TPSA) is 78.1 Å². The van der Waals surface area contributed by atoms with Gasteiger partial charge in [0.1, 0.15) is 0 Å². The van der Waals surface area contributed by atoms with E-state index in [-0.39, 0.29) is 5.71 Å². The van der Waals surface area contributed by atoms with Crippen LogP contribution in [0, 0.1) is 5.53 Å². The lowest BCUT2D eigenvalue weighted by Crippen LogP contribution is -2.33. The summed E-state index contributed by atoms with van der Waals surface area (Å²) in [7, 11) is 0. The lowest BCUT2D eigenvalue weighted by molar-refractivity contribution is -0.298. The second kappa shape index (κ2) is 3.96. The highest BCUT2D eigenvalue weighted by atomic mass is 16.4. The number of carboxylic acid groups (broad SMARTS) is 1. The van der Waals surface area contributed by atoms with Crippen LogP contribution in [-0.2, 0) is 4.79 Å². The number of nitrogens with zero attached hydrogens (tertiary/aromatic N) is 1. The molecular formula is C12H8N2O2. The molecule has 0 fully saturated rings. The molecule has 1 N–H and O–H groups in total. The van der Waals surface area contributed by atoms with E-state index < -0.39 is 5.97 Å². The van der Waals surface area contributed by atoms with Gasteiger partial charge in [-0.05, 0) is 22.9 Å². The Labute approximate surface area is 91.4 Å². The van der Waals surface area contributed by atoms with Gasteiger partial charge in [0.05, 0.1) is 15.9 Å². The summed E-state index contributed by atoms with van der Waals surface area (Å²) in [5.74, 6) is -1.44. The number of benzene rings is 2. The largest absolute Gasteiger partial charge is 0.538 e. The molecule has 0 radical (unpaired) electrons. The van der Waals surface area contributed by atoms with Crippen LogP contribution in [0.3, 0.4) is 0 Å². The third-order valence-electron chi connectivity index (χ3n) is 2.33. The summed E-state index contributed by atoms with van der Waals surface area (Å²) in [5, 5.41) is 12.6. The summed E-state index contributed by atoms with van der Waals surface area (Å²) in [6.07, 6.45) is 0. The van der Waals surface area contributed by atoms with Crippen molar-refractivity contribution in [3.05, 3.63) is 48.0 Å². The highest BCUT2D eigenvalue weighted by Gasteiger charge is 2.16. The first-order valence-electron chi connectivity index (χ1n) is 4.67. The first-order valence-corrected chi connectivity index (χ1v) is 4.67. The summed E-state index contributed by atoms with van der Waals surface area (Å²) in [6, 6.07) is 12.6. The van der Waals surface area contributed by atoms with E-state index in [2.05, 4.69) is 4.79 Å². The molecule has 78 valence electrons. The van der Waals surface area contributed by atoms with Gasteiger partial charge >= 0.3 is 5.71 Å². The average molecular weight is 212 g/mol. The Hall–Kier alpha value is -2.45. The van der Waals surface area contributed by atoms with Gasteiger partial charge in [0, 0.05) is 0 Å². The molecule has 4 nitrogen and oxygen atoms in total. The minimum Gasteiger partial charge on any atom is -0.538 e. The van der Waals surface area contributed by atoms with E-state index in [1.165, 1.54) is 0 Å². The Morgan fingerprint density at radius 2 is 1.81 bits per heavy atom. The van der Waals surface area contributed by atoms with Crippen molar-refractivity contribution >= 4 is 22.5 Å². The molecule has 0 spiro atoms. The van der Waals surface area contributed by atoms with Crippen molar-refractivity contribution in [2.75, 3.05) is 0 Å². The Morgan fingerprint density at radius 3 is 2.44 bits per heavy atom. The van der Waals surface area contributed by atoms with E-state index in [0.29, 0.717) is 5.56 Å². The number of hydrogen-bond donors (Lipinski definition) is 1. The van der Waals surface area contributed by atoms with Crippen molar-refractivity contribution in [1.82, 2.24) is 0 Å². The summed E-state index contributed by atoms with van der Waals surface area (Å²) in [6.45, 7) is 0. The van der Waals surface area contributed by atoms with Crippen molar-refractivity contribution in [3.63, 3.8) is 0 Å². The lowest BCUT2D eigenvalue weighted by atomic mass is 10.0. The number of fused-ring (bicyclic) bond motifs is 1. The number of carbonyl (C=O) groups excluding carboxylic acids is 1. The molecule has 0 aliphatic rings.